The third kappa shape index (κ3) is 3.76. The van der Waals surface area contributed by atoms with Crippen LogP contribution in [0, 0.1) is 15.4 Å². The summed E-state index contributed by atoms with van der Waals surface area (Å²) in [5, 5.41) is 0. The number of benzene rings is 2. The lowest BCUT2D eigenvalue weighted by atomic mass is 10.1. The van der Waals surface area contributed by atoms with Gasteiger partial charge in [0.05, 0.1) is 0 Å². The van der Waals surface area contributed by atoms with E-state index < -0.39 is 11.6 Å². The van der Waals surface area contributed by atoms with Crippen molar-refractivity contribution in [1.29, 1.82) is 0 Å². The fourth-order valence-corrected chi connectivity index (χ4v) is 1.80. The van der Waals surface area contributed by atoms with Gasteiger partial charge in [-0.15, -0.1) is 0 Å². The number of carbonyl (C=O) groups is 2. The molecular formula is C16H9IO2. The molecule has 3 heteroatoms. The largest absolute Gasteiger partial charge is 0.284 e. The average Bonchev–Trinajstić information content (AvgIpc) is 2.46. The lowest BCUT2D eigenvalue weighted by Gasteiger charge is -1.95. The Morgan fingerprint density at radius 2 is 1.53 bits per heavy atom. The zero-order valence-electron chi connectivity index (χ0n) is 9.89. The molecule has 0 aromatic heterocycles. The molecule has 0 spiro atoms. The number of hydrogen-bond donors (Lipinski definition) is 0. The highest BCUT2D eigenvalue weighted by molar-refractivity contribution is 14.1. The standard InChI is InChI=1S/C16H9IO2/c17-14-9-7-13(8-10-14)16(19)15(18)11-6-12-4-2-1-3-5-12/h1-5,7-10H. The van der Waals surface area contributed by atoms with Crippen molar-refractivity contribution in [1.82, 2.24) is 0 Å². The van der Waals surface area contributed by atoms with Gasteiger partial charge in [-0.1, -0.05) is 24.1 Å². The first-order valence-electron chi connectivity index (χ1n) is 5.58. The molecular weight excluding hydrogens is 351 g/mol. The quantitative estimate of drug-likeness (QED) is 0.357. The van der Waals surface area contributed by atoms with Crippen molar-refractivity contribution in [2.45, 2.75) is 0 Å². The molecule has 2 aromatic carbocycles. The Bertz CT molecular complexity index is 661. The molecule has 0 aliphatic carbocycles. The number of Topliss-reactive ketones (excluding diaryl/α,β-unsaturated/α-hetero) is 2. The lowest BCUT2D eigenvalue weighted by molar-refractivity contribution is -0.110. The Kier molecular flexibility index (Phi) is 4.48. The Balaban J connectivity index is 2.15. The van der Waals surface area contributed by atoms with Gasteiger partial charge in [0.2, 0.25) is 5.78 Å². The highest BCUT2D eigenvalue weighted by Crippen LogP contribution is 2.07. The van der Waals surface area contributed by atoms with Crippen molar-refractivity contribution >= 4 is 34.2 Å². The first-order valence-corrected chi connectivity index (χ1v) is 6.66. The summed E-state index contributed by atoms with van der Waals surface area (Å²) < 4.78 is 1.01. The second kappa shape index (κ2) is 6.30. The van der Waals surface area contributed by atoms with Gasteiger partial charge in [0.1, 0.15) is 0 Å². The number of rotatable bonds is 2. The van der Waals surface area contributed by atoms with Crippen LogP contribution in [0.5, 0.6) is 0 Å². The molecule has 0 atom stereocenters. The molecule has 0 radical (unpaired) electrons. The maximum Gasteiger partial charge on any atom is 0.276 e. The maximum atomic E-state index is 11.8. The van der Waals surface area contributed by atoms with E-state index in [1.54, 1.807) is 36.4 Å². The van der Waals surface area contributed by atoms with Gasteiger partial charge in [0, 0.05) is 14.7 Å². The number of ketones is 2. The van der Waals surface area contributed by atoms with Gasteiger partial charge in [0.15, 0.2) is 0 Å². The molecule has 0 saturated carbocycles. The fraction of sp³-hybridized carbons (Fsp3) is 0. The first-order chi connectivity index (χ1) is 9.16. The molecule has 2 aromatic rings. The summed E-state index contributed by atoms with van der Waals surface area (Å²) in [6, 6.07) is 15.9. The van der Waals surface area contributed by atoms with E-state index in [-0.39, 0.29) is 0 Å². The van der Waals surface area contributed by atoms with E-state index in [0.717, 1.165) is 3.57 Å². The predicted molar refractivity (Wildman–Crippen MR) is 81.8 cm³/mol. The van der Waals surface area contributed by atoms with Crippen LogP contribution in [0.2, 0.25) is 0 Å². The van der Waals surface area contributed by atoms with Gasteiger partial charge in [-0.05, 0) is 64.9 Å². The minimum Gasteiger partial charge on any atom is -0.284 e. The summed E-state index contributed by atoms with van der Waals surface area (Å²) in [4.78, 5) is 23.5. The number of carbonyl (C=O) groups excluding carboxylic acids is 2. The molecule has 0 unspecified atom stereocenters. The highest BCUT2D eigenvalue weighted by Gasteiger charge is 2.13. The van der Waals surface area contributed by atoms with Crippen LogP contribution in [0.1, 0.15) is 15.9 Å². The normalized spacial score (nSPS) is 9.32. The van der Waals surface area contributed by atoms with Crippen LogP contribution in [0.15, 0.2) is 54.6 Å². The zero-order chi connectivity index (χ0) is 13.7. The summed E-state index contributed by atoms with van der Waals surface area (Å²) in [6.45, 7) is 0. The molecule has 0 amide bonds. The van der Waals surface area contributed by atoms with Gasteiger partial charge in [-0.3, -0.25) is 9.59 Å². The minimum atomic E-state index is -0.690. The van der Waals surface area contributed by atoms with Crippen molar-refractivity contribution in [3.05, 3.63) is 69.3 Å². The summed E-state index contributed by atoms with van der Waals surface area (Å²) in [7, 11) is 0. The summed E-state index contributed by atoms with van der Waals surface area (Å²) in [5.41, 5.74) is 1.08. The van der Waals surface area contributed by atoms with E-state index in [0.29, 0.717) is 11.1 Å². The van der Waals surface area contributed by atoms with Crippen molar-refractivity contribution in [3.8, 4) is 11.8 Å². The van der Waals surface area contributed by atoms with Gasteiger partial charge >= 0.3 is 0 Å². The van der Waals surface area contributed by atoms with Crippen LogP contribution in [-0.2, 0) is 4.79 Å². The van der Waals surface area contributed by atoms with Crippen molar-refractivity contribution in [2.75, 3.05) is 0 Å². The third-order valence-corrected chi connectivity index (χ3v) is 3.13. The molecule has 2 rings (SSSR count). The van der Waals surface area contributed by atoms with Crippen molar-refractivity contribution in [3.63, 3.8) is 0 Å². The topological polar surface area (TPSA) is 34.1 Å². The van der Waals surface area contributed by atoms with E-state index in [2.05, 4.69) is 34.4 Å². The fourth-order valence-electron chi connectivity index (χ4n) is 1.44. The molecule has 0 saturated heterocycles. The van der Waals surface area contributed by atoms with E-state index in [9.17, 15) is 9.59 Å². The van der Waals surface area contributed by atoms with Crippen LogP contribution in [0.25, 0.3) is 0 Å². The van der Waals surface area contributed by atoms with Gasteiger partial charge < -0.3 is 0 Å². The second-order valence-corrected chi connectivity index (χ2v) is 5.03. The molecule has 0 N–H and O–H groups in total. The summed E-state index contributed by atoms with van der Waals surface area (Å²) in [6.07, 6.45) is 0. The Morgan fingerprint density at radius 1 is 0.895 bits per heavy atom. The van der Waals surface area contributed by atoms with Crippen LogP contribution >= 0.6 is 22.6 Å². The SMILES string of the molecule is O=C(C#Cc1ccccc1)C(=O)c1ccc(I)cc1. The molecule has 92 valence electrons. The number of hydrogen-bond acceptors (Lipinski definition) is 2. The van der Waals surface area contributed by atoms with Crippen molar-refractivity contribution in [2.24, 2.45) is 0 Å². The Morgan fingerprint density at radius 3 is 2.16 bits per heavy atom. The average molecular weight is 360 g/mol. The van der Waals surface area contributed by atoms with Gasteiger partial charge in [0.25, 0.3) is 5.78 Å². The molecule has 0 heterocycles. The highest BCUT2D eigenvalue weighted by atomic mass is 127. The first kappa shape index (κ1) is 13.5. The lowest BCUT2D eigenvalue weighted by Crippen LogP contribution is -2.11. The third-order valence-electron chi connectivity index (χ3n) is 2.41. The zero-order valence-corrected chi connectivity index (χ0v) is 12.0. The van der Waals surface area contributed by atoms with E-state index in [1.807, 2.05) is 18.2 Å². The molecule has 0 bridgehead atoms. The molecule has 0 aliphatic rings. The van der Waals surface area contributed by atoms with Crippen LogP contribution in [0.3, 0.4) is 0 Å². The number of halogens is 1. The predicted octanol–water partition coefficient (Wildman–Crippen LogP) is 3.09. The van der Waals surface area contributed by atoms with E-state index >= 15 is 0 Å². The molecule has 19 heavy (non-hydrogen) atoms. The maximum absolute atomic E-state index is 11.8. The smallest absolute Gasteiger partial charge is 0.276 e. The van der Waals surface area contributed by atoms with Crippen LogP contribution < -0.4 is 0 Å². The summed E-state index contributed by atoms with van der Waals surface area (Å²) in [5.74, 6) is 3.80. The van der Waals surface area contributed by atoms with E-state index in [4.69, 9.17) is 0 Å². The van der Waals surface area contributed by atoms with Crippen molar-refractivity contribution < 1.29 is 9.59 Å². The Labute approximate surface area is 125 Å². The van der Waals surface area contributed by atoms with Gasteiger partial charge in [-0.2, -0.15) is 0 Å². The molecule has 0 aliphatic heterocycles. The van der Waals surface area contributed by atoms with Gasteiger partial charge in [-0.25, -0.2) is 0 Å². The Hall–Kier alpha value is -1.93. The minimum absolute atomic E-state index is 0.368. The van der Waals surface area contributed by atoms with Crippen LogP contribution in [-0.4, -0.2) is 11.6 Å². The van der Waals surface area contributed by atoms with Crippen LogP contribution in [0.4, 0.5) is 0 Å². The summed E-state index contributed by atoms with van der Waals surface area (Å²) >= 11 is 2.14. The monoisotopic (exact) mass is 360 g/mol. The second-order valence-electron chi connectivity index (χ2n) is 3.78. The molecule has 2 nitrogen and oxygen atoms in total. The molecule has 0 fully saturated rings. The van der Waals surface area contributed by atoms with E-state index in [1.165, 1.54) is 0 Å².